The van der Waals surface area contributed by atoms with Crippen LogP contribution in [0.4, 0.5) is 0 Å². The average Bonchev–Trinajstić information content (AvgIpc) is 2.71. The van der Waals surface area contributed by atoms with E-state index in [4.69, 9.17) is 4.84 Å². The van der Waals surface area contributed by atoms with Gasteiger partial charge in [0.2, 0.25) is 0 Å². The van der Waals surface area contributed by atoms with Crippen LogP contribution in [0.1, 0.15) is 83.5 Å². The Morgan fingerprint density at radius 1 is 1.00 bits per heavy atom. The number of amides is 1. The van der Waals surface area contributed by atoms with E-state index in [9.17, 15) is 9.59 Å². The molecule has 30 heavy (non-hydrogen) atoms. The lowest BCUT2D eigenvalue weighted by Gasteiger charge is -2.42. The van der Waals surface area contributed by atoms with E-state index >= 15 is 0 Å². The van der Waals surface area contributed by atoms with Gasteiger partial charge in [0.15, 0.2) is 5.78 Å². The van der Waals surface area contributed by atoms with Gasteiger partial charge in [-0.3, -0.25) is 14.4 Å². The summed E-state index contributed by atoms with van der Waals surface area (Å²) in [6, 6.07) is 11.0. The molecule has 0 heterocycles. The van der Waals surface area contributed by atoms with Crippen molar-refractivity contribution in [1.82, 2.24) is 5.48 Å². The van der Waals surface area contributed by atoms with Gasteiger partial charge in [-0.25, -0.2) is 5.48 Å². The second kappa shape index (κ2) is 8.19. The summed E-state index contributed by atoms with van der Waals surface area (Å²) in [5, 5.41) is 0. The van der Waals surface area contributed by atoms with Crippen molar-refractivity contribution in [3.63, 3.8) is 0 Å². The van der Waals surface area contributed by atoms with Crippen LogP contribution in [0, 0.1) is 6.92 Å². The molecule has 2 aromatic carbocycles. The zero-order chi connectivity index (χ0) is 22.1. The zero-order valence-electron chi connectivity index (χ0n) is 18.6. The molecule has 1 aliphatic carbocycles. The molecule has 1 N–H and O–H groups in total. The lowest BCUT2D eigenvalue weighted by atomic mass is 9.62. The van der Waals surface area contributed by atoms with Gasteiger partial charge in [0, 0.05) is 16.7 Å². The number of hydroxylamine groups is 1. The zero-order valence-corrected chi connectivity index (χ0v) is 18.6. The summed E-state index contributed by atoms with van der Waals surface area (Å²) < 4.78 is 0. The first kappa shape index (κ1) is 22.0. The van der Waals surface area contributed by atoms with Gasteiger partial charge in [-0.1, -0.05) is 52.0 Å². The Labute approximate surface area is 179 Å². The first-order valence-corrected chi connectivity index (χ1v) is 10.4. The van der Waals surface area contributed by atoms with E-state index in [1.807, 2.05) is 6.92 Å². The topological polar surface area (TPSA) is 55.4 Å². The quantitative estimate of drug-likeness (QED) is 0.302. The van der Waals surface area contributed by atoms with Crippen molar-refractivity contribution >= 4 is 11.7 Å². The Kier molecular flexibility index (Phi) is 6.00. The summed E-state index contributed by atoms with van der Waals surface area (Å²) in [5.41, 5.74) is 7.83. The highest BCUT2D eigenvalue weighted by atomic mass is 16.6. The molecule has 0 fully saturated rings. The molecule has 0 saturated carbocycles. The number of ketones is 1. The molecular formula is C26H31NO3. The van der Waals surface area contributed by atoms with Crippen LogP contribution in [0.3, 0.4) is 0 Å². The number of hydrogen-bond donors (Lipinski definition) is 1. The van der Waals surface area contributed by atoms with Crippen LogP contribution in [0.15, 0.2) is 49.1 Å². The molecule has 0 saturated heterocycles. The molecule has 2 aromatic rings. The van der Waals surface area contributed by atoms with Gasteiger partial charge in [0.25, 0.3) is 5.91 Å². The van der Waals surface area contributed by atoms with Gasteiger partial charge >= 0.3 is 0 Å². The number of benzene rings is 2. The molecule has 0 unspecified atom stereocenters. The summed E-state index contributed by atoms with van der Waals surface area (Å²) in [6.07, 6.45) is 3.78. The molecule has 3 rings (SSSR count). The number of carbonyl (C=O) groups excluding carboxylic acids is 2. The Bertz CT molecular complexity index is 984. The molecular weight excluding hydrogens is 374 g/mol. The fourth-order valence-electron chi connectivity index (χ4n) is 4.12. The second-order valence-corrected chi connectivity index (χ2v) is 9.42. The molecule has 4 nitrogen and oxygen atoms in total. The molecule has 0 bridgehead atoms. The van der Waals surface area contributed by atoms with Crippen LogP contribution in [0.2, 0.25) is 0 Å². The number of hydrogen-bond acceptors (Lipinski definition) is 3. The molecule has 4 heteroatoms. The minimum atomic E-state index is -0.357. The monoisotopic (exact) mass is 405 g/mol. The molecule has 158 valence electrons. The third-order valence-corrected chi connectivity index (χ3v) is 6.22. The minimum Gasteiger partial charge on any atom is -0.289 e. The fraction of sp³-hybridized carbons (Fsp3) is 0.385. The maximum Gasteiger partial charge on any atom is 0.274 e. The summed E-state index contributed by atoms with van der Waals surface area (Å²) in [5.74, 6) is -0.380. The molecule has 1 aliphatic rings. The fourth-order valence-corrected chi connectivity index (χ4v) is 4.12. The molecule has 0 aromatic heterocycles. The Morgan fingerprint density at radius 3 is 2.10 bits per heavy atom. The third-order valence-electron chi connectivity index (χ3n) is 6.22. The van der Waals surface area contributed by atoms with Crippen LogP contribution >= 0.6 is 0 Å². The van der Waals surface area contributed by atoms with E-state index in [0.717, 1.165) is 24.0 Å². The van der Waals surface area contributed by atoms with Crippen molar-refractivity contribution in [2.45, 2.75) is 58.3 Å². The third kappa shape index (κ3) is 4.24. The van der Waals surface area contributed by atoms with Gasteiger partial charge < -0.3 is 0 Å². The lowest BCUT2D eigenvalue weighted by Crippen LogP contribution is -2.34. The number of aryl methyl sites for hydroxylation is 1. The Hall–Kier alpha value is -2.72. The van der Waals surface area contributed by atoms with E-state index in [-0.39, 0.29) is 29.1 Å². The van der Waals surface area contributed by atoms with Crippen LogP contribution in [-0.4, -0.2) is 18.3 Å². The normalized spacial score (nSPS) is 16.4. The predicted octanol–water partition coefficient (Wildman–Crippen LogP) is 5.42. The van der Waals surface area contributed by atoms with Crippen molar-refractivity contribution in [3.05, 3.63) is 82.4 Å². The van der Waals surface area contributed by atoms with E-state index in [2.05, 4.69) is 51.9 Å². The first-order chi connectivity index (χ1) is 14.1. The highest BCUT2D eigenvalue weighted by molar-refractivity contribution is 6.10. The molecule has 1 amide bonds. The first-order valence-electron chi connectivity index (χ1n) is 10.4. The summed E-state index contributed by atoms with van der Waals surface area (Å²) in [7, 11) is 0. The highest BCUT2D eigenvalue weighted by Crippen LogP contribution is 2.46. The van der Waals surface area contributed by atoms with Crippen LogP contribution in [-0.2, 0) is 15.7 Å². The maximum absolute atomic E-state index is 13.3. The van der Waals surface area contributed by atoms with Crippen molar-refractivity contribution < 1.29 is 14.4 Å². The Morgan fingerprint density at radius 2 is 1.53 bits per heavy atom. The van der Waals surface area contributed by atoms with Gasteiger partial charge in [0.05, 0.1) is 6.61 Å². The molecule has 0 aliphatic heterocycles. The number of carbonyl (C=O) groups is 2. The van der Waals surface area contributed by atoms with E-state index in [0.29, 0.717) is 11.1 Å². The van der Waals surface area contributed by atoms with Crippen molar-refractivity contribution in [1.29, 1.82) is 0 Å². The van der Waals surface area contributed by atoms with E-state index in [1.165, 1.54) is 11.1 Å². The molecule has 0 spiro atoms. The molecule has 0 atom stereocenters. The van der Waals surface area contributed by atoms with Crippen molar-refractivity contribution in [2.75, 3.05) is 6.61 Å². The van der Waals surface area contributed by atoms with Gasteiger partial charge in [-0.2, -0.15) is 0 Å². The SMILES string of the molecule is C=CCONC(=O)c1ccc(C(=O)c2cc3c(cc2C)C(C)(C)CCC3(C)C)cc1. The number of fused-ring (bicyclic) bond motifs is 1. The second-order valence-electron chi connectivity index (χ2n) is 9.42. The maximum atomic E-state index is 13.3. The number of rotatable bonds is 6. The van der Waals surface area contributed by atoms with Crippen LogP contribution in [0.5, 0.6) is 0 Å². The van der Waals surface area contributed by atoms with Crippen LogP contribution < -0.4 is 5.48 Å². The summed E-state index contributed by atoms with van der Waals surface area (Å²) in [4.78, 5) is 30.3. The standard InChI is InChI=1S/C26H31NO3/c1-7-14-30-27-24(29)19-10-8-18(9-11-19)23(28)20-16-22-21(15-17(20)2)25(3,4)12-13-26(22,5)6/h7-11,15-16H,1,12-14H2,2-6H3,(H,27,29). The van der Waals surface area contributed by atoms with Gasteiger partial charge in [-0.05, 0) is 65.5 Å². The van der Waals surface area contributed by atoms with Crippen LogP contribution in [0.25, 0.3) is 0 Å². The molecule has 0 radical (unpaired) electrons. The largest absolute Gasteiger partial charge is 0.289 e. The van der Waals surface area contributed by atoms with E-state index < -0.39 is 0 Å². The Balaban J connectivity index is 1.90. The van der Waals surface area contributed by atoms with E-state index in [1.54, 1.807) is 30.3 Å². The lowest BCUT2D eigenvalue weighted by molar-refractivity contribution is 0.0421. The highest BCUT2D eigenvalue weighted by Gasteiger charge is 2.37. The van der Waals surface area contributed by atoms with Crippen molar-refractivity contribution in [3.8, 4) is 0 Å². The summed E-state index contributed by atoms with van der Waals surface area (Å²) in [6.45, 7) is 14.8. The van der Waals surface area contributed by atoms with Gasteiger partial charge in [0.1, 0.15) is 0 Å². The van der Waals surface area contributed by atoms with Gasteiger partial charge in [-0.15, -0.1) is 6.58 Å². The predicted molar refractivity (Wildman–Crippen MR) is 120 cm³/mol. The van der Waals surface area contributed by atoms with Crippen molar-refractivity contribution in [2.24, 2.45) is 0 Å². The number of nitrogens with one attached hydrogen (secondary N) is 1. The minimum absolute atomic E-state index is 0.0238. The average molecular weight is 406 g/mol. The smallest absolute Gasteiger partial charge is 0.274 e. The summed E-state index contributed by atoms with van der Waals surface area (Å²) >= 11 is 0.